The van der Waals surface area contributed by atoms with Gasteiger partial charge in [0.25, 0.3) is 0 Å². The maximum atomic E-state index is 9.70. The Labute approximate surface area is 620 Å². The smallest absolute Gasteiger partial charge is 0.216 e. The first-order valence-corrected chi connectivity index (χ1v) is 39.3. The molecular weight excluding hydrogens is 1290 g/mol. The number of nitrogens with zero attached hydrogens (tertiary/aromatic N) is 5. The van der Waals surface area contributed by atoms with Crippen LogP contribution in [0.2, 0.25) is 13.1 Å². The Morgan fingerprint density at radius 3 is 1.23 bits per heavy atom. The second-order valence-electron chi connectivity index (χ2n) is 28.0. The zero-order valence-corrected chi connectivity index (χ0v) is 64.8. The van der Waals surface area contributed by atoms with Crippen molar-refractivity contribution in [3.05, 3.63) is 318 Å². The van der Waals surface area contributed by atoms with Crippen LogP contribution in [0, 0.1) is 53.4 Å². The number of carbonyl (C=O) groups is 1. The molecule has 0 radical (unpaired) electrons. The van der Waals surface area contributed by atoms with Gasteiger partial charge in [-0.2, -0.15) is 0 Å². The zero-order chi connectivity index (χ0) is 74.2. The molecule has 13 aromatic carbocycles. The van der Waals surface area contributed by atoms with Gasteiger partial charge in [0.2, 0.25) is 5.91 Å². The summed E-state index contributed by atoms with van der Waals surface area (Å²) in [5.41, 5.74) is 25.2. The molecule has 0 atom stereocenters. The molecule has 1 aliphatic heterocycles. The van der Waals surface area contributed by atoms with Crippen molar-refractivity contribution in [2.24, 2.45) is 28.2 Å². The summed E-state index contributed by atoms with van der Waals surface area (Å²) in [5.74, 6) is 5.37. The zero-order valence-electron chi connectivity index (χ0n) is 63.8. The van der Waals surface area contributed by atoms with Gasteiger partial charge in [-0.1, -0.05) is 237 Å². The van der Waals surface area contributed by atoms with E-state index in [1.165, 1.54) is 166 Å². The molecule has 0 unspecified atom stereocenters. The first-order valence-electron chi connectivity index (χ1n) is 36.3. The SMILES string of the molecule is CC#CC.CNC(C)=O.C[Si]1(C)c2ccccc2-c2ccccc21.Cc1ccc2c(c1)c1ccccc1n2C.Cc1ccc2c3cccc(C)c3n(-c3ccccc3)c2c1.Cc1ccc2c3ccccc3n(C)c2c1.Cc1cccc2c1c1ccccc1n2C.Cc1cccc2c3ccccc3n(C)c12. The van der Waals surface area contributed by atoms with E-state index in [4.69, 9.17) is 0 Å². The normalized spacial score (nSPS) is 11.5. The molecule has 6 heterocycles. The maximum absolute atomic E-state index is 9.70. The Hall–Kier alpha value is -11.9. The summed E-state index contributed by atoms with van der Waals surface area (Å²) in [4.78, 5) is 9.70. The monoisotopic (exact) mass is 1390 g/mol. The van der Waals surface area contributed by atoms with Gasteiger partial charge in [-0.05, 0) is 171 Å². The van der Waals surface area contributed by atoms with Gasteiger partial charge in [0.1, 0.15) is 8.07 Å². The van der Waals surface area contributed by atoms with E-state index < -0.39 is 8.07 Å². The Kier molecular flexibility index (Phi) is 22.1. The number of fused-ring (bicyclic) bond motifs is 18. The summed E-state index contributed by atoms with van der Waals surface area (Å²) in [5, 5.41) is 19.0. The van der Waals surface area contributed by atoms with Crippen LogP contribution in [-0.4, -0.2) is 43.9 Å². The molecule has 0 aliphatic carbocycles. The van der Waals surface area contributed by atoms with Crippen molar-refractivity contribution < 1.29 is 4.79 Å². The summed E-state index contributed by atoms with van der Waals surface area (Å²) < 4.78 is 11.4. The fraction of sp³-hybridized carbons (Fsp3) is 0.165. The molecule has 0 fully saturated rings. The van der Waals surface area contributed by atoms with Crippen molar-refractivity contribution in [1.82, 2.24) is 28.2 Å². The van der Waals surface area contributed by atoms with Gasteiger partial charge >= 0.3 is 0 Å². The maximum Gasteiger partial charge on any atom is 0.216 e. The standard InChI is InChI=1S/C20H17N.4C14H13N.C14H14Si.C4H6.C3H7NO/c1-14-11-12-17-18-10-6-7-15(2)20(18)21(19(17)13-14)16-8-4-3-5-9-16;1-10-6-5-8-12-11-7-3-4-9-13(11)15(2)14(10)12;1-10-6-5-9-13-14(10)11-7-3-4-8-12(11)15(13)2;1-10-7-8-14-12(9-10)11-5-3-4-6-13(11)15(14)2;1-10-7-8-12-11-5-3-4-6-13(11)15(2)14(12)9-10;1-15(2)13-9-5-3-7-11(13)12-8-4-6-10-14(12)15;1-3-4-2;1-3(5)4-2/h3-13H,1-2H3;4*3-9H,1-2H3;3-10H,1-2H3;1-2H3;1-2H3,(H,4,5). The van der Waals surface area contributed by atoms with Crippen molar-refractivity contribution in [3.8, 4) is 28.7 Å². The molecule has 0 saturated heterocycles. The van der Waals surface area contributed by atoms with Gasteiger partial charge in [0, 0.05) is 140 Å². The lowest BCUT2D eigenvalue weighted by atomic mass is 10.1. The first kappa shape index (κ1) is 72.9. The highest BCUT2D eigenvalue weighted by molar-refractivity contribution is 7.03. The molecule has 0 spiro atoms. The van der Waals surface area contributed by atoms with Crippen LogP contribution in [0.3, 0.4) is 0 Å². The largest absolute Gasteiger partial charge is 0.359 e. The fourth-order valence-electron chi connectivity index (χ4n) is 15.2. The number of aryl methyl sites for hydroxylation is 10. The quantitative estimate of drug-likeness (QED) is 0.129. The Bertz CT molecular complexity index is 6170. The van der Waals surface area contributed by atoms with E-state index in [1.807, 2.05) is 13.8 Å². The second kappa shape index (κ2) is 31.8. The van der Waals surface area contributed by atoms with E-state index in [2.05, 4.69) is 408 Å². The molecule has 19 rings (SSSR count). The van der Waals surface area contributed by atoms with Crippen molar-refractivity contribution in [2.45, 2.75) is 75.4 Å². The minimum absolute atomic E-state index is 0.00463. The van der Waals surface area contributed by atoms with E-state index >= 15 is 0 Å². The van der Waals surface area contributed by atoms with E-state index in [1.54, 1.807) is 17.4 Å². The summed E-state index contributed by atoms with van der Waals surface area (Å²) >= 11 is 0. The number of para-hydroxylation sites is 7. The number of rotatable bonds is 1. The average molecular weight is 1390 g/mol. The van der Waals surface area contributed by atoms with Gasteiger partial charge in [-0.25, -0.2) is 0 Å². The van der Waals surface area contributed by atoms with Gasteiger partial charge in [0.05, 0.1) is 16.6 Å². The summed E-state index contributed by atoms with van der Waals surface area (Å²) in [6.07, 6.45) is 0. The van der Waals surface area contributed by atoms with Crippen molar-refractivity contribution in [1.29, 1.82) is 0 Å². The molecule has 1 aliphatic rings. The topological polar surface area (TPSA) is 53.8 Å². The van der Waals surface area contributed by atoms with Crippen LogP contribution in [0.1, 0.15) is 54.2 Å². The summed E-state index contributed by atoms with van der Waals surface area (Å²) in [6, 6.07) is 102. The van der Waals surface area contributed by atoms with Crippen LogP contribution in [0.4, 0.5) is 0 Å². The molecule has 18 aromatic rings. The Morgan fingerprint density at radius 1 is 0.324 bits per heavy atom. The van der Waals surface area contributed by atoms with Crippen LogP contribution in [-0.2, 0) is 33.0 Å². The van der Waals surface area contributed by atoms with Gasteiger partial charge in [-0.3, -0.25) is 4.79 Å². The molecule has 524 valence electrons. The van der Waals surface area contributed by atoms with Crippen molar-refractivity contribution in [3.63, 3.8) is 0 Å². The number of nitrogens with one attached hydrogen (secondary N) is 1. The predicted octanol–water partition coefficient (Wildman–Crippen LogP) is 23.2. The van der Waals surface area contributed by atoms with E-state index in [-0.39, 0.29) is 5.91 Å². The second-order valence-corrected chi connectivity index (χ2v) is 32.3. The molecule has 5 aromatic heterocycles. The molecule has 105 heavy (non-hydrogen) atoms. The van der Waals surface area contributed by atoms with Crippen LogP contribution >= 0.6 is 0 Å². The number of hydrogen-bond donors (Lipinski definition) is 1. The molecule has 1 amide bonds. The molecule has 8 heteroatoms. The average Bonchev–Trinajstić information content (AvgIpc) is 1.61. The van der Waals surface area contributed by atoms with Gasteiger partial charge < -0.3 is 28.2 Å². The van der Waals surface area contributed by atoms with E-state index in [0.717, 1.165) is 0 Å². The van der Waals surface area contributed by atoms with Crippen LogP contribution in [0.5, 0.6) is 0 Å². The van der Waals surface area contributed by atoms with Gasteiger partial charge in [-0.15, -0.1) is 11.8 Å². The lowest BCUT2D eigenvalue weighted by Crippen LogP contribution is -2.49. The first-order chi connectivity index (χ1) is 50.8. The molecule has 0 saturated carbocycles. The number of benzene rings is 13. The Balaban J connectivity index is 0.000000116. The fourth-order valence-corrected chi connectivity index (χ4v) is 18.3. The van der Waals surface area contributed by atoms with E-state index in [9.17, 15) is 4.79 Å². The summed E-state index contributed by atoms with van der Waals surface area (Å²) in [6.45, 7) is 23.0. The number of aromatic nitrogens is 5. The highest BCUT2D eigenvalue weighted by Gasteiger charge is 2.36. The van der Waals surface area contributed by atoms with Crippen molar-refractivity contribution in [2.75, 3.05) is 7.05 Å². The third kappa shape index (κ3) is 14.6. The molecule has 0 bridgehead atoms. The lowest BCUT2D eigenvalue weighted by Gasteiger charge is -2.18. The predicted molar refractivity (Wildman–Crippen MR) is 458 cm³/mol. The third-order valence-electron chi connectivity index (χ3n) is 20.7. The van der Waals surface area contributed by atoms with E-state index in [0.29, 0.717) is 0 Å². The molecule has 1 N–H and O–H groups in total. The van der Waals surface area contributed by atoms with Crippen LogP contribution < -0.4 is 15.7 Å². The van der Waals surface area contributed by atoms with Crippen LogP contribution in [0.25, 0.3) is 126 Å². The third-order valence-corrected chi connectivity index (χ3v) is 24.2. The number of hydrogen-bond acceptors (Lipinski definition) is 1. The summed E-state index contributed by atoms with van der Waals surface area (Å²) in [7, 11) is 8.74. The van der Waals surface area contributed by atoms with Crippen LogP contribution in [0.15, 0.2) is 285 Å². The highest BCUT2D eigenvalue weighted by Crippen LogP contribution is 2.37. The molecule has 7 nitrogen and oxygen atoms in total. The lowest BCUT2D eigenvalue weighted by molar-refractivity contribution is -0.118. The number of amides is 1. The van der Waals surface area contributed by atoms with Crippen molar-refractivity contribution >= 4 is 133 Å². The number of carbonyl (C=O) groups excluding carboxylic acids is 1. The molecular formula is C97H96N6OSi. The minimum Gasteiger partial charge on any atom is -0.359 e. The van der Waals surface area contributed by atoms with Gasteiger partial charge in [0.15, 0.2) is 0 Å². The minimum atomic E-state index is -1.38. The highest BCUT2D eigenvalue weighted by atomic mass is 28.3. The Morgan fingerprint density at radius 2 is 0.676 bits per heavy atom.